The van der Waals surface area contributed by atoms with Gasteiger partial charge in [0.05, 0.1) is 10.5 Å². The molecule has 1 aromatic heterocycles. The van der Waals surface area contributed by atoms with Crippen LogP contribution in [0.4, 0.5) is 0 Å². The van der Waals surface area contributed by atoms with Gasteiger partial charge in [0.15, 0.2) is 0 Å². The summed E-state index contributed by atoms with van der Waals surface area (Å²) in [5, 5.41) is 1.81. The molecule has 1 fully saturated rings. The molecule has 0 spiro atoms. The summed E-state index contributed by atoms with van der Waals surface area (Å²) in [7, 11) is -3.51. The average molecular weight is 421 g/mol. The third-order valence-corrected chi connectivity index (χ3v) is 7.26. The number of ether oxygens (including phenoxy) is 1. The molecular formula is C23H19NO5S. The van der Waals surface area contributed by atoms with E-state index in [1.165, 1.54) is 28.6 Å². The van der Waals surface area contributed by atoms with E-state index in [0.717, 1.165) is 29.2 Å². The van der Waals surface area contributed by atoms with Crippen LogP contribution in [0.25, 0.3) is 21.9 Å². The Morgan fingerprint density at radius 3 is 2.33 bits per heavy atom. The van der Waals surface area contributed by atoms with Crippen LogP contribution in [0.5, 0.6) is 5.75 Å². The van der Waals surface area contributed by atoms with E-state index in [4.69, 9.17) is 9.15 Å². The molecule has 4 aromatic rings. The van der Waals surface area contributed by atoms with Crippen LogP contribution >= 0.6 is 0 Å². The van der Waals surface area contributed by atoms with Gasteiger partial charge in [0.1, 0.15) is 16.9 Å². The van der Waals surface area contributed by atoms with E-state index in [0.29, 0.717) is 24.4 Å². The average Bonchev–Trinajstić information content (AvgIpc) is 3.42. The maximum atomic E-state index is 12.6. The van der Waals surface area contributed by atoms with Crippen LogP contribution in [0.15, 0.2) is 76.0 Å². The van der Waals surface area contributed by atoms with E-state index >= 15 is 0 Å². The summed E-state index contributed by atoms with van der Waals surface area (Å²) in [6.45, 7) is 1.08. The van der Waals surface area contributed by atoms with Crippen molar-refractivity contribution in [1.82, 2.24) is 4.31 Å². The normalized spacial score (nSPS) is 15.1. The van der Waals surface area contributed by atoms with Crippen LogP contribution in [0.1, 0.15) is 23.2 Å². The van der Waals surface area contributed by atoms with E-state index in [-0.39, 0.29) is 10.5 Å². The third-order valence-electron chi connectivity index (χ3n) is 5.35. The van der Waals surface area contributed by atoms with Gasteiger partial charge < -0.3 is 9.15 Å². The zero-order chi connectivity index (χ0) is 20.7. The van der Waals surface area contributed by atoms with E-state index in [9.17, 15) is 13.2 Å². The van der Waals surface area contributed by atoms with Crippen LogP contribution in [-0.2, 0) is 10.0 Å². The molecule has 0 radical (unpaired) electrons. The fourth-order valence-electron chi connectivity index (χ4n) is 3.78. The minimum absolute atomic E-state index is 0.187. The molecular weight excluding hydrogens is 402 g/mol. The first-order valence-corrected chi connectivity index (χ1v) is 11.2. The second kappa shape index (κ2) is 7.27. The van der Waals surface area contributed by atoms with Gasteiger partial charge >= 0.3 is 5.97 Å². The van der Waals surface area contributed by atoms with Crippen LogP contribution in [0.2, 0.25) is 0 Å². The second-order valence-corrected chi connectivity index (χ2v) is 9.22. The van der Waals surface area contributed by atoms with Crippen molar-refractivity contribution in [3.05, 3.63) is 72.3 Å². The Hall–Kier alpha value is -3.16. The molecule has 0 N–H and O–H groups in total. The number of benzene rings is 3. The molecule has 0 aliphatic carbocycles. The number of esters is 1. The number of carbonyl (C=O) groups excluding carboxylic acids is 1. The molecule has 1 aliphatic rings. The molecule has 5 rings (SSSR count). The highest BCUT2D eigenvalue weighted by atomic mass is 32.2. The van der Waals surface area contributed by atoms with E-state index in [1.54, 1.807) is 18.2 Å². The molecule has 152 valence electrons. The number of nitrogens with zero attached hydrogens (tertiary/aromatic N) is 1. The Balaban J connectivity index is 1.38. The maximum Gasteiger partial charge on any atom is 0.343 e. The van der Waals surface area contributed by atoms with Gasteiger partial charge in [-0.3, -0.25) is 0 Å². The first-order chi connectivity index (χ1) is 14.5. The zero-order valence-corrected chi connectivity index (χ0v) is 16.9. The number of para-hydroxylation sites is 1. The highest BCUT2D eigenvalue weighted by Gasteiger charge is 2.27. The lowest BCUT2D eigenvalue weighted by atomic mass is 10.1. The monoisotopic (exact) mass is 421 g/mol. The van der Waals surface area contributed by atoms with Crippen molar-refractivity contribution >= 4 is 37.9 Å². The predicted molar refractivity (Wildman–Crippen MR) is 113 cm³/mol. The molecule has 0 amide bonds. The van der Waals surface area contributed by atoms with Crippen molar-refractivity contribution in [2.24, 2.45) is 0 Å². The third kappa shape index (κ3) is 3.26. The summed E-state index contributed by atoms with van der Waals surface area (Å²) >= 11 is 0. The molecule has 0 saturated carbocycles. The van der Waals surface area contributed by atoms with Gasteiger partial charge in [0.25, 0.3) is 0 Å². The number of hydrogen-bond donors (Lipinski definition) is 0. The standard InChI is InChI=1S/C23H19NO5S/c25-23(16-7-10-18(11-8-16)30(26,27)24-13-3-4-14-24)28-17-9-12-22-20(15-17)19-5-1-2-6-21(19)29-22/h1-2,5-12,15H,3-4,13-14H2. The first-order valence-electron chi connectivity index (χ1n) is 9.76. The number of furan rings is 1. The maximum absolute atomic E-state index is 12.6. The van der Waals surface area contributed by atoms with Crippen LogP contribution in [0, 0.1) is 0 Å². The summed E-state index contributed by atoms with van der Waals surface area (Å²) in [6, 6.07) is 18.8. The fourth-order valence-corrected chi connectivity index (χ4v) is 5.29. The van der Waals surface area contributed by atoms with E-state index in [1.807, 2.05) is 24.3 Å². The van der Waals surface area contributed by atoms with Crippen molar-refractivity contribution in [2.45, 2.75) is 17.7 Å². The van der Waals surface area contributed by atoms with E-state index < -0.39 is 16.0 Å². The van der Waals surface area contributed by atoms with Gasteiger partial charge in [-0.05, 0) is 61.4 Å². The van der Waals surface area contributed by atoms with Crippen molar-refractivity contribution in [2.75, 3.05) is 13.1 Å². The minimum Gasteiger partial charge on any atom is -0.456 e. The molecule has 0 bridgehead atoms. The Kier molecular flexibility index (Phi) is 4.56. The molecule has 0 unspecified atom stereocenters. The van der Waals surface area contributed by atoms with Gasteiger partial charge in [-0.15, -0.1) is 0 Å². The number of sulfonamides is 1. The van der Waals surface area contributed by atoms with Crippen molar-refractivity contribution in [3.8, 4) is 5.75 Å². The molecule has 6 nitrogen and oxygen atoms in total. The first kappa shape index (κ1) is 18.8. The summed E-state index contributed by atoms with van der Waals surface area (Å²) in [6.07, 6.45) is 1.75. The van der Waals surface area contributed by atoms with Crippen molar-refractivity contribution in [1.29, 1.82) is 0 Å². The highest BCUT2D eigenvalue weighted by molar-refractivity contribution is 7.89. The van der Waals surface area contributed by atoms with Gasteiger partial charge in [-0.25, -0.2) is 13.2 Å². The smallest absolute Gasteiger partial charge is 0.343 e. The predicted octanol–water partition coefficient (Wildman–Crippen LogP) is 4.59. The summed E-state index contributed by atoms with van der Waals surface area (Å²) in [5.74, 6) is -0.153. The van der Waals surface area contributed by atoms with Gasteiger partial charge in [0.2, 0.25) is 10.0 Å². The number of fused-ring (bicyclic) bond motifs is 3. The summed E-state index contributed by atoms with van der Waals surface area (Å²) in [4.78, 5) is 12.8. The number of rotatable bonds is 4. The minimum atomic E-state index is -3.51. The molecule has 1 aliphatic heterocycles. The van der Waals surface area contributed by atoms with Crippen LogP contribution in [0.3, 0.4) is 0 Å². The molecule has 1 saturated heterocycles. The van der Waals surface area contributed by atoms with Gasteiger partial charge in [0, 0.05) is 23.9 Å². The topological polar surface area (TPSA) is 76.8 Å². The fraction of sp³-hybridized carbons (Fsp3) is 0.174. The zero-order valence-electron chi connectivity index (χ0n) is 16.1. The van der Waals surface area contributed by atoms with E-state index in [2.05, 4.69) is 0 Å². The second-order valence-electron chi connectivity index (χ2n) is 7.28. The Morgan fingerprint density at radius 2 is 1.57 bits per heavy atom. The van der Waals surface area contributed by atoms with Gasteiger partial charge in [-0.1, -0.05) is 18.2 Å². The SMILES string of the molecule is O=C(Oc1ccc2oc3ccccc3c2c1)c1ccc(S(=O)(=O)N2CCCC2)cc1. The molecule has 2 heterocycles. The lowest BCUT2D eigenvalue weighted by Crippen LogP contribution is -2.27. The lowest BCUT2D eigenvalue weighted by Gasteiger charge is -2.15. The molecule has 7 heteroatoms. The van der Waals surface area contributed by atoms with Crippen molar-refractivity contribution < 1.29 is 22.4 Å². The Morgan fingerprint density at radius 1 is 0.867 bits per heavy atom. The van der Waals surface area contributed by atoms with Gasteiger partial charge in [-0.2, -0.15) is 4.31 Å². The molecule has 30 heavy (non-hydrogen) atoms. The largest absolute Gasteiger partial charge is 0.456 e. The highest BCUT2D eigenvalue weighted by Crippen LogP contribution is 2.31. The quantitative estimate of drug-likeness (QED) is 0.356. The molecule has 3 aromatic carbocycles. The summed E-state index contributed by atoms with van der Waals surface area (Å²) in [5.41, 5.74) is 1.77. The Bertz CT molecular complexity index is 1350. The lowest BCUT2D eigenvalue weighted by molar-refractivity contribution is 0.0735. The number of carbonyl (C=O) groups is 1. The van der Waals surface area contributed by atoms with Crippen molar-refractivity contribution in [3.63, 3.8) is 0 Å². The molecule has 0 atom stereocenters. The summed E-state index contributed by atoms with van der Waals surface area (Å²) < 4.78 is 38.0. The number of hydrogen-bond acceptors (Lipinski definition) is 5. The van der Waals surface area contributed by atoms with Crippen LogP contribution in [-0.4, -0.2) is 31.8 Å². The Labute approximate surface area is 173 Å². The van der Waals surface area contributed by atoms with Crippen LogP contribution < -0.4 is 4.74 Å².